The molecule has 0 bridgehead atoms. The van der Waals surface area contributed by atoms with Crippen LogP contribution in [0.1, 0.15) is 33.6 Å². The van der Waals surface area contributed by atoms with Crippen molar-refractivity contribution in [1.29, 1.82) is 0 Å². The zero-order chi connectivity index (χ0) is 15.2. The highest BCUT2D eigenvalue weighted by atomic mass is 16.6. The van der Waals surface area contributed by atoms with Crippen LogP contribution >= 0.6 is 0 Å². The summed E-state index contributed by atoms with van der Waals surface area (Å²) in [6.07, 6.45) is 1.75. The Bertz CT molecular complexity index is 451. The van der Waals surface area contributed by atoms with Crippen LogP contribution in [0.2, 0.25) is 0 Å². The van der Waals surface area contributed by atoms with Gasteiger partial charge in [0.05, 0.1) is 11.5 Å². The van der Waals surface area contributed by atoms with Crippen LogP contribution < -0.4 is 15.8 Å². The SMILES string of the molecule is CCOc1cc(NC(CC)(CC)CN)ccc1[N+](=O)[O-]. The highest BCUT2D eigenvalue weighted by Crippen LogP contribution is 2.32. The van der Waals surface area contributed by atoms with Gasteiger partial charge in [0.2, 0.25) is 0 Å². The fourth-order valence-electron chi connectivity index (χ4n) is 2.09. The Labute approximate surface area is 119 Å². The van der Waals surface area contributed by atoms with Gasteiger partial charge in [-0.05, 0) is 25.8 Å². The minimum Gasteiger partial charge on any atom is -0.487 e. The van der Waals surface area contributed by atoms with Crippen LogP contribution in [0.25, 0.3) is 0 Å². The van der Waals surface area contributed by atoms with Gasteiger partial charge in [0.15, 0.2) is 5.75 Å². The Morgan fingerprint density at radius 3 is 2.45 bits per heavy atom. The lowest BCUT2D eigenvalue weighted by atomic mass is 9.92. The Hall–Kier alpha value is -1.82. The molecule has 0 aliphatic carbocycles. The van der Waals surface area contributed by atoms with Gasteiger partial charge in [-0.3, -0.25) is 10.1 Å². The fourth-order valence-corrected chi connectivity index (χ4v) is 2.09. The van der Waals surface area contributed by atoms with E-state index in [4.69, 9.17) is 10.5 Å². The summed E-state index contributed by atoms with van der Waals surface area (Å²) in [6.45, 7) is 6.82. The number of nitro benzene ring substituents is 1. The van der Waals surface area contributed by atoms with E-state index in [0.717, 1.165) is 18.5 Å². The molecule has 0 atom stereocenters. The molecule has 0 radical (unpaired) electrons. The number of nitro groups is 1. The van der Waals surface area contributed by atoms with Crippen LogP contribution in [0, 0.1) is 10.1 Å². The average molecular weight is 281 g/mol. The number of rotatable bonds is 8. The molecule has 1 rings (SSSR count). The predicted octanol–water partition coefficient (Wildman–Crippen LogP) is 2.92. The fraction of sp³-hybridized carbons (Fsp3) is 0.571. The lowest BCUT2D eigenvalue weighted by molar-refractivity contribution is -0.385. The van der Waals surface area contributed by atoms with Gasteiger partial charge in [0.1, 0.15) is 0 Å². The van der Waals surface area contributed by atoms with Gasteiger partial charge < -0.3 is 15.8 Å². The zero-order valence-electron chi connectivity index (χ0n) is 12.3. The lowest BCUT2D eigenvalue weighted by Crippen LogP contribution is -2.44. The number of nitrogens with one attached hydrogen (secondary N) is 1. The van der Waals surface area contributed by atoms with Gasteiger partial charge in [-0.15, -0.1) is 0 Å². The second-order valence-corrected chi connectivity index (χ2v) is 4.69. The van der Waals surface area contributed by atoms with E-state index < -0.39 is 4.92 Å². The van der Waals surface area contributed by atoms with Crippen LogP contribution in [0.15, 0.2) is 18.2 Å². The highest BCUT2D eigenvalue weighted by molar-refractivity contribution is 5.59. The van der Waals surface area contributed by atoms with Crippen molar-refractivity contribution in [2.24, 2.45) is 5.73 Å². The van der Waals surface area contributed by atoms with Crippen molar-refractivity contribution in [1.82, 2.24) is 0 Å². The molecule has 20 heavy (non-hydrogen) atoms. The van der Waals surface area contributed by atoms with Crippen molar-refractivity contribution in [3.8, 4) is 5.75 Å². The van der Waals surface area contributed by atoms with Crippen LogP contribution in [-0.4, -0.2) is 23.6 Å². The molecule has 1 aromatic carbocycles. The van der Waals surface area contributed by atoms with Crippen molar-refractivity contribution in [2.75, 3.05) is 18.5 Å². The van der Waals surface area contributed by atoms with E-state index in [2.05, 4.69) is 19.2 Å². The maximum atomic E-state index is 10.9. The van der Waals surface area contributed by atoms with E-state index in [1.54, 1.807) is 19.1 Å². The maximum absolute atomic E-state index is 10.9. The first kappa shape index (κ1) is 16.2. The molecular weight excluding hydrogens is 258 g/mol. The number of hydrogen-bond acceptors (Lipinski definition) is 5. The molecule has 6 nitrogen and oxygen atoms in total. The molecule has 112 valence electrons. The number of anilines is 1. The van der Waals surface area contributed by atoms with Gasteiger partial charge >= 0.3 is 5.69 Å². The topological polar surface area (TPSA) is 90.4 Å². The summed E-state index contributed by atoms with van der Waals surface area (Å²) in [5.74, 6) is 0.278. The van der Waals surface area contributed by atoms with Crippen molar-refractivity contribution >= 4 is 11.4 Å². The van der Waals surface area contributed by atoms with Gasteiger partial charge in [0.25, 0.3) is 0 Å². The summed E-state index contributed by atoms with van der Waals surface area (Å²) in [5, 5.41) is 14.3. The van der Waals surface area contributed by atoms with E-state index in [1.807, 2.05) is 0 Å². The quantitative estimate of drug-likeness (QED) is 0.564. The van der Waals surface area contributed by atoms with Gasteiger partial charge in [-0.1, -0.05) is 13.8 Å². The van der Waals surface area contributed by atoms with E-state index >= 15 is 0 Å². The molecule has 6 heteroatoms. The molecule has 1 aromatic rings. The first-order valence-corrected chi connectivity index (χ1v) is 6.91. The molecule has 0 amide bonds. The zero-order valence-corrected chi connectivity index (χ0v) is 12.3. The van der Waals surface area contributed by atoms with Crippen molar-refractivity contribution in [3.63, 3.8) is 0 Å². The number of benzene rings is 1. The monoisotopic (exact) mass is 281 g/mol. The molecular formula is C14H23N3O3. The minimum atomic E-state index is -0.440. The first-order chi connectivity index (χ1) is 9.51. The largest absolute Gasteiger partial charge is 0.487 e. The summed E-state index contributed by atoms with van der Waals surface area (Å²) < 4.78 is 5.34. The second-order valence-electron chi connectivity index (χ2n) is 4.69. The van der Waals surface area contributed by atoms with Crippen LogP contribution in [0.5, 0.6) is 5.75 Å². The average Bonchev–Trinajstić information content (AvgIpc) is 2.45. The molecule has 0 saturated heterocycles. The Morgan fingerprint density at radius 2 is 2.00 bits per heavy atom. The van der Waals surface area contributed by atoms with Crippen LogP contribution in [0.4, 0.5) is 11.4 Å². The van der Waals surface area contributed by atoms with E-state index in [0.29, 0.717) is 13.2 Å². The van der Waals surface area contributed by atoms with Crippen molar-refractivity contribution < 1.29 is 9.66 Å². The normalized spacial score (nSPS) is 11.2. The van der Waals surface area contributed by atoms with Gasteiger partial charge in [-0.2, -0.15) is 0 Å². The minimum absolute atomic E-state index is 0.0243. The molecule has 3 N–H and O–H groups in total. The number of nitrogens with zero attached hydrogens (tertiary/aromatic N) is 1. The van der Waals surface area contributed by atoms with E-state index in [-0.39, 0.29) is 17.0 Å². The number of nitrogens with two attached hydrogens (primary N) is 1. The Morgan fingerprint density at radius 1 is 1.35 bits per heavy atom. The standard InChI is InChI=1S/C14H23N3O3/c1-4-14(5-2,10-15)16-11-7-8-12(17(18)19)13(9-11)20-6-3/h7-9,16H,4-6,10,15H2,1-3H3. The summed E-state index contributed by atoms with van der Waals surface area (Å²) in [7, 11) is 0. The lowest BCUT2D eigenvalue weighted by Gasteiger charge is -2.32. The molecule has 0 heterocycles. The smallest absolute Gasteiger partial charge is 0.311 e. The summed E-state index contributed by atoms with van der Waals surface area (Å²) in [6, 6.07) is 4.81. The summed E-state index contributed by atoms with van der Waals surface area (Å²) in [4.78, 5) is 10.5. The van der Waals surface area contributed by atoms with Crippen LogP contribution in [0.3, 0.4) is 0 Å². The molecule has 0 aliphatic heterocycles. The molecule has 0 fully saturated rings. The predicted molar refractivity (Wildman–Crippen MR) is 80.3 cm³/mol. The van der Waals surface area contributed by atoms with Gasteiger partial charge in [-0.25, -0.2) is 0 Å². The molecule has 0 aromatic heterocycles. The van der Waals surface area contributed by atoms with Crippen LogP contribution in [-0.2, 0) is 0 Å². The Balaban J connectivity index is 3.08. The summed E-state index contributed by atoms with van der Waals surface area (Å²) in [5.41, 5.74) is 6.42. The maximum Gasteiger partial charge on any atom is 0.311 e. The van der Waals surface area contributed by atoms with E-state index in [9.17, 15) is 10.1 Å². The first-order valence-electron chi connectivity index (χ1n) is 6.91. The third-order valence-electron chi connectivity index (χ3n) is 3.61. The molecule has 0 unspecified atom stereocenters. The third kappa shape index (κ3) is 3.60. The van der Waals surface area contributed by atoms with Crippen molar-refractivity contribution in [2.45, 2.75) is 39.2 Å². The Kier molecular flexibility index (Phi) is 5.76. The molecule has 0 saturated carbocycles. The number of hydrogen-bond donors (Lipinski definition) is 2. The summed E-state index contributed by atoms with van der Waals surface area (Å²) >= 11 is 0. The third-order valence-corrected chi connectivity index (χ3v) is 3.61. The van der Waals surface area contributed by atoms with Crippen molar-refractivity contribution in [3.05, 3.63) is 28.3 Å². The second kappa shape index (κ2) is 7.09. The highest BCUT2D eigenvalue weighted by Gasteiger charge is 2.25. The molecule has 0 aliphatic rings. The van der Waals surface area contributed by atoms with Gasteiger partial charge in [0, 0.05) is 29.9 Å². The number of ether oxygens (including phenoxy) is 1. The molecule has 0 spiro atoms. The van der Waals surface area contributed by atoms with E-state index in [1.165, 1.54) is 6.07 Å².